The monoisotopic (exact) mass is 582 g/mol. The van der Waals surface area contributed by atoms with Crippen LogP contribution in [0.15, 0.2) is 134 Å². The minimum absolute atomic E-state index is 0.834. The Kier molecular flexibility index (Phi) is 3.96. The normalized spacial score (nSPS) is 12.8. The van der Waals surface area contributed by atoms with Crippen LogP contribution in [0.5, 0.6) is 0 Å². The average Bonchev–Trinajstić information content (AvgIpc) is 3.82. The predicted octanol–water partition coefficient (Wildman–Crippen LogP) is 10.7. The van der Waals surface area contributed by atoms with Gasteiger partial charge < -0.3 is 4.40 Å². The zero-order valence-electron chi connectivity index (χ0n) is 24.5. The fourth-order valence-electron chi connectivity index (χ4n) is 8.55. The van der Waals surface area contributed by atoms with Gasteiger partial charge in [0, 0.05) is 48.8 Å². The predicted molar refractivity (Wildman–Crippen MR) is 190 cm³/mol. The lowest BCUT2D eigenvalue weighted by atomic mass is 10.0. The van der Waals surface area contributed by atoms with Crippen LogP contribution in [0.3, 0.4) is 0 Å². The summed E-state index contributed by atoms with van der Waals surface area (Å²) in [5, 5.41) is 12.5. The van der Waals surface area contributed by atoms with Gasteiger partial charge in [-0.1, -0.05) is 97.1 Å². The second-order valence-electron chi connectivity index (χ2n) is 12.6. The van der Waals surface area contributed by atoms with Crippen molar-refractivity contribution in [1.29, 1.82) is 0 Å². The molecule has 0 radical (unpaired) electrons. The molecule has 4 nitrogen and oxygen atoms in total. The summed E-state index contributed by atoms with van der Waals surface area (Å²) in [6, 6.07) is 46.4. The molecular formula is C42H22N4. The third-order valence-corrected chi connectivity index (χ3v) is 10.4. The van der Waals surface area contributed by atoms with E-state index in [0.717, 1.165) is 39.4 Å². The Bertz CT molecular complexity index is 3140. The number of fused-ring (bicyclic) bond motifs is 14. The standard InChI is InChI=1S/C42H22N4/c1-2-10-25-20-34-31(19-24(25)9-1)38-35(21-30-26-13-3-5-17-32(26)46-33-18-6-4-14-27(33)39(38)42(30)46)45(34)36-22-43-40-28-15-7-11-23-12-8-16-29(37(23)28)41(40)44-36/h1-22H. The first kappa shape index (κ1) is 23.2. The summed E-state index contributed by atoms with van der Waals surface area (Å²) < 4.78 is 4.82. The number of aromatic nitrogens is 4. The maximum absolute atomic E-state index is 5.45. The molecule has 0 saturated carbocycles. The van der Waals surface area contributed by atoms with E-state index in [1.807, 2.05) is 6.20 Å². The molecule has 0 N–H and O–H groups in total. The van der Waals surface area contributed by atoms with Crippen LogP contribution >= 0.6 is 0 Å². The molecule has 1 aliphatic rings. The Morgan fingerprint density at radius 2 is 1.11 bits per heavy atom. The topological polar surface area (TPSA) is 35.1 Å². The maximum atomic E-state index is 5.45. The molecule has 0 spiro atoms. The van der Waals surface area contributed by atoms with Gasteiger partial charge in [0.2, 0.25) is 0 Å². The quantitative estimate of drug-likeness (QED) is 0.193. The first-order valence-corrected chi connectivity index (χ1v) is 15.8. The molecule has 11 aromatic rings. The largest absolute Gasteiger partial charge is 0.308 e. The SMILES string of the molecule is c1ccc2cc3c(cc2c1)c1c2c4ccccc4n4c5ccccc5c(cc1n3-c1cnc3c(n1)-c1cccc5cccc-3c15)c24. The van der Waals surface area contributed by atoms with Crippen LogP contribution < -0.4 is 0 Å². The Morgan fingerprint density at radius 3 is 1.93 bits per heavy atom. The lowest BCUT2D eigenvalue weighted by Gasteiger charge is -2.10. The number of benzene rings is 7. The van der Waals surface area contributed by atoms with Crippen LogP contribution in [0.1, 0.15) is 0 Å². The summed E-state index contributed by atoms with van der Waals surface area (Å²) in [5.74, 6) is 0.834. The van der Waals surface area contributed by atoms with Gasteiger partial charge in [0.1, 0.15) is 0 Å². The third-order valence-electron chi connectivity index (χ3n) is 10.4. The van der Waals surface area contributed by atoms with Crippen LogP contribution in [-0.2, 0) is 0 Å². The number of hydrogen-bond acceptors (Lipinski definition) is 2. The Hall–Kier alpha value is -6.26. The lowest BCUT2D eigenvalue weighted by molar-refractivity contribution is 1.05. The van der Waals surface area contributed by atoms with Gasteiger partial charge in [-0.05, 0) is 46.5 Å². The number of para-hydroxylation sites is 2. The maximum Gasteiger partial charge on any atom is 0.156 e. The minimum Gasteiger partial charge on any atom is -0.308 e. The van der Waals surface area contributed by atoms with Crippen LogP contribution in [0.2, 0.25) is 0 Å². The van der Waals surface area contributed by atoms with E-state index >= 15 is 0 Å². The third kappa shape index (κ3) is 2.61. The van der Waals surface area contributed by atoms with E-state index in [4.69, 9.17) is 9.97 Å². The molecule has 7 aromatic carbocycles. The molecule has 1 aliphatic carbocycles. The van der Waals surface area contributed by atoms with Gasteiger partial charge >= 0.3 is 0 Å². The Balaban J connectivity index is 1.31. The van der Waals surface area contributed by atoms with Crippen LogP contribution in [0, 0.1) is 0 Å². The van der Waals surface area contributed by atoms with E-state index in [9.17, 15) is 0 Å². The fraction of sp³-hybridized carbons (Fsp3) is 0. The van der Waals surface area contributed by atoms with Gasteiger partial charge in [-0.15, -0.1) is 0 Å². The molecule has 0 unspecified atom stereocenters. The highest BCUT2D eigenvalue weighted by molar-refractivity contribution is 6.36. The van der Waals surface area contributed by atoms with Crippen LogP contribution in [0.25, 0.3) is 110 Å². The van der Waals surface area contributed by atoms with Gasteiger partial charge in [-0.2, -0.15) is 0 Å². The number of nitrogens with zero attached hydrogens (tertiary/aromatic N) is 4. The summed E-state index contributed by atoms with van der Waals surface area (Å²) >= 11 is 0. The second-order valence-corrected chi connectivity index (χ2v) is 12.6. The van der Waals surface area contributed by atoms with E-state index in [1.165, 1.54) is 70.4 Å². The molecule has 0 amide bonds. The molecule has 0 atom stereocenters. The highest BCUT2D eigenvalue weighted by atomic mass is 15.1. The zero-order chi connectivity index (χ0) is 29.7. The molecule has 0 saturated heterocycles. The summed E-state index contributed by atoms with van der Waals surface area (Å²) in [6.07, 6.45) is 1.97. The molecule has 4 heterocycles. The number of hydrogen-bond donors (Lipinski definition) is 0. The van der Waals surface area contributed by atoms with Gasteiger partial charge in [0.15, 0.2) is 5.82 Å². The minimum atomic E-state index is 0.834. The van der Waals surface area contributed by atoms with Crippen molar-refractivity contribution >= 4 is 81.4 Å². The molecule has 210 valence electrons. The van der Waals surface area contributed by atoms with Crippen molar-refractivity contribution in [3.63, 3.8) is 0 Å². The van der Waals surface area contributed by atoms with E-state index in [2.05, 4.69) is 136 Å². The molecular weight excluding hydrogens is 560 g/mol. The molecule has 46 heavy (non-hydrogen) atoms. The summed E-state index contributed by atoms with van der Waals surface area (Å²) in [5.41, 5.74) is 10.3. The van der Waals surface area contributed by atoms with Gasteiger partial charge in [-0.3, -0.25) is 9.55 Å². The van der Waals surface area contributed by atoms with Crippen molar-refractivity contribution in [2.45, 2.75) is 0 Å². The van der Waals surface area contributed by atoms with Crippen molar-refractivity contribution in [2.24, 2.45) is 0 Å². The number of rotatable bonds is 1. The highest BCUT2D eigenvalue weighted by Crippen LogP contribution is 2.48. The summed E-state index contributed by atoms with van der Waals surface area (Å²) in [6.45, 7) is 0. The molecule has 4 aromatic heterocycles. The van der Waals surface area contributed by atoms with Gasteiger partial charge in [-0.25, -0.2) is 4.98 Å². The van der Waals surface area contributed by atoms with E-state index in [-0.39, 0.29) is 0 Å². The summed E-state index contributed by atoms with van der Waals surface area (Å²) in [4.78, 5) is 10.6. The average molecular weight is 583 g/mol. The molecule has 0 bridgehead atoms. The highest BCUT2D eigenvalue weighted by Gasteiger charge is 2.27. The Labute approximate surface area is 261 Å². The fourth-order valence-corrected chi connectivity index (χ4v) is 8.55. The molecule has 0 aliphatic heterocycles. The van der Waals surface area contributed by atoms with Crippen LogP contribution in [0.4, 0.5) is 0 Å². The lowest BCUT2D eigenvalue weighted by Crippen LogP contribution is -2.00. The van der Waals surface area contributed by atoms with Crippen LogP contribution in [-0.4, -0.2) is 18.9 Å². The van der Waals surface area contributed by atoms with E-state index in [0.29, 0.717) is 0 Å². The second kappa shape index (κ2) is 7.87. The van der Waals surface area contributed by atoms with Crippen molar-refractivity contribution in [3.8, 4) is 28.3 Å². The molecule has 0 fully saturated rings. The van der Waals surface area contributed by atoms with Crippen molar-refractivity contribution in [3.05, 3.63) is 134 Å². The first-order chi connectivity index (χ1) is 22.8. The van der Waals surface area contributed by atoms with E-state index < -0.39 is 0 Å². The van der Waals surface area contributed by atoms with E-state index in [1.54, 1.807) is 0 Å². The zero-order valence-corrected chi connectivity index (χ0v) is 24.5. The first-order valence-electron chi connectivity index (χ1n) is 15.8. The van der Waals surface area contributed by atoms with Crippen molar-refractivity contribution in [2.75, 3.05) is 0 Å². The molecule has 12 rings (SSSR count). The Morgan fingerprint density at radius 1 is 0.435 bits per heavy atom. The van der Waals surface area contributed by atoms with Crippen molar-refractivity contribution < 1.29 is 0 Å². The smallest absolute Gasteiger partial charge is 0.156 e. The molecule has 4 heteroatoms. The van der Waals surface area contributed by atoms with Crippen molar-refractivity contribution in [1.82, 2.24) is 18.9 Å². The summed E-state index contributed by atoms with van der Waals surface area (Å²) in [7, 11) is 0. The van der Waals surface area contributed by atoms with Gasteiger partial charge in [0.05, 0.1) is 45.2 Å². The van der Waals surface area contributed by atoms with Gasteiger partial charge in [0.25, 0.3) is 0 Å².